The van der Waals surface area contributed by atoms with Crippen molar-refractivity contribution in [2.45, 2.75) is 95.1 Å². The summed E-state index contributed by atoms with van der Waals surface area (Å²) in [5.41, 5.74) is 2.67. The highest BCUT2D eigenvalue weighted by atomic mass is 16.7. The van der Waals surface area contributed by atoms with Gasteiger partial charge in [0.2, 0.25) is 0 Å². The number of rotatable bonds is 14. The van der Waals surface area contributed by atoms with Crippen LogP contribution in [0.3, 0.4) is 0 Å². The Bertz CT molecular complexity index is 1370. The fourth-order valence-corrected chi connectivity index (χ4v) is 5.65. The molecule has 3 aromatic carbocycles. The van der Waals surface area contributed by atoms with Crippen molar-refractivity contribution in [1.29, 1.82) is 0 Å². The predicted octanol–water partition coefficient (Wildman–Crippen LogP) is 3.06. The minimum absolute atomic E-state index is 0.00409. The van der Waals surface area contributed by atoms with E-state index in [-0.39, 0.29) is 33.0 Å². The van der Waals surface area contributed by atoms with Gasteiger partial charge >= 0.3 is 6.09 Å². The Morgan fingerprint density at radius 1 is 0.625 bits per heavy atom. The fourth-order valence-electron chi connectivity index (χ4n) is 5.65. The number of aliphatic hydroxyl groups excluding tert-OH is 3. The number of nitrogens with one attached hydrogen (secondary N) is 1. The van der Waals surface area contributed by atoms with Gasteiger partial charge in [0.05, 0.1) is 32.0 Å². The molecule has 0 saturated carbocycles. The number of carbonyl (C=O) groups is 1. The smallest absolute Gasteiger partial charge is 0.407 e. The lowest BCUT2D eigenvalue weighted by Crippen LogP contribution is -2.64. The van der Waals surface area contributed by atoms with E-state index in [4.69, 9.17) is 33.2 Å². The zero-order valence-corrected chi connectivity index (χ0v) is 27.1. The van der Waals surface area contributed by atoms with Crippen molar-refractivity contribution in [3.05, 3.63) is 108 Å². The van der Waals surface area contributed by atoms with Gasteiger partial charge in [0.1, 0.15) is 43.2 Å². The van der Waals surface area contributed by atoms with Crippen LogP contribution in [0.4, 0.5) is 4.79 Å². The van der Waals surface area contributed by atoms with Crippen LogP contribution in [-0.4, -0.2) is 96.0 Å². The Labute approximate surface area is 280 Å². The van der Waals surface area contributed by atoms with E-state index in [2.05, 4.69) is 5.32 Å². The molecule has 4 N–H and O–H groups in total. The molecule has 2 fully saturated rings. The van der Waals surface area contributed by atoms with Gasteiger partial charge in [0.25, 0.3) is 0 Å². The zero-order chi connectivity index (χ0) is 33.9. The van der Waals surface area contributed by atoms with Crippen LogP contribution in [0.1, 0.15) is 30.5 Å². The second kappa shape index (κ2) is 17.8. The molecule has 0 spiro atoms. The normalized spacial score (nSPS) is 30.4. The predicted molar refractivity (Wildman–Crippen MR) is 172 cm³/mol. The first kappa shape index (κ1) is 35.9. The molecular weight excluding hydrogens is 622 g/mol. The van der Waals surface area contributed by atoms with Crippen molar-refractivity contribution >= 4 is 6.09 Å². The van der Waals surface area contributed by atoms with Crippen molar-refractivity contribution in [1.82, 2.24) is 5.32 Å². The molecule has 2 aliphatic rings. The highest BCUT2D eigenvalue weighted by molar-refractivity contribution is 5.67. The van der Waals surface area contributed by atoms with Gasteiger partial charge in [-0.3, -0.25) is 0 Å². The lowest BCUT2D eigenvalue weighted by atomic mass is 9.97. The Morgan fingerprint density at radius 3 is 1.71 bits per heavy atom. The molecule has 10 atom stereocenters. The third-order valence-corrected chi connectivity index (χ3v) is 8.26. The third kappa shape index (κ3) is 9.82. The molecule has 0 bridgehead atoms. The molecule has 48 heavy (non-hydrogen) atoms. The van der Waals surface area contributed by atoms with Crippen LogP contribution in [0.25, 0.3) is 0 Å². The number of ether oxygens (including phenoxy) is 7. The number of benzene rings is 3. The number of aliphatic hydroxyl groups is 3. The van der Waals surface area contributed by atoms with Crippen LogP contribution in [0.5, 0.6) is 0 Å². The van der Waals surface area contributed by atoms with Gasteiger partial charge in [-0.25, -0.2) is 4.79 Å². The van der Waals surface area contributed by atoms with Crippen LogP contribution in [0.2, 0.25) is 0 Å². The van der Waals surface area contributed by atoms with E-state index >= 15 is 0 Å². The second-order valence-electron chi connectivity index (χ2n) is 11.9. The Hall–Kier alpha value is -3.43. The molecule has 5 rings (SSSR count). The largest absolute Gasteiger partial charge is 0.445 e. The summed E-state index contributed by atoms with van der Waals surface area (Å²) in [4.78, 5) is 12.1. The molecule has 12 nitrogen and oxygen atoms in total. The molecule has 0 radical (unpaired) electrons. The minimum atomic E-state index is -1.49. The summed E-state index contributed by atoms with van der Waals surface area (Å²) in [6.45, 7) is 4.12. The standard InChI is InChI=1S/C36H45NO11/c1-23-31(43-20-25-12-6-3-7-13-25)28(38)29(39)35(47-23)48-33-30(40)34(46-24(2)32(33)44-21-26-14-8-4-9-15-26)42-19-18-37-36(41)45-22-27-16-10-5-11-17-27/h3-17,23-24,28-35,38-40H,18-22H2,1-2H3,(H,37,41)/t23-,24-,28-,29+,30+,31-,32-,33-,34+,35-/m0/s1. The zero-order valence-electron chi connectivity index (χ0n) is 27.1. The number of hydrogen-bond donors (Lipinski definition) is 4. The molecule has 1 amide bonds. The monoisotopic (exact) mass is 667 g/mol. The van der Waals surface area contributed by atoms with Crippen molar-refractivity contribution in [2.75, 3.05) is 13.2 Å². The molecule has 0 unspecified atom stereocenters. The van der Waals surface area contributed by atoms with Gasteiger partial charge in [0, 0.05) is 6.54 Å². The van der Waals surface area contributed by atoms with Crippen LogP contribution in [0.15, 0.2) is 91.0 Å². The molecule has 3 aromatic rings. The summed E-state index contributed by atoms with van der Waals surface area (Å²) in [7, 11) is 0. The molecule has 0 aliphatic carbocycles. The molecule has 2 heterocycles. The average Bonchev–Trinajstić information content (AvgIpc) is 3.10. The summed E-state index contributed by atoms with van der Waals surface area (Å²) in [5, 5.41) is 36.2. The SMILES string of the molecule is C[C@@H]1O[C@@H](O[C@H]2[C@@H](O)[C@H](OCCNC(=O)OCc3ccccc3)O[C@@H](C)[C@@H]2OCc2ccccc2)[C@H](O)[C@H](O)[C@H]1OCc1ccccc1. The van der Waals surface area contributed by atoms with Gasteiger partial charge < -0.3 is 53.8 Å². The first-order chi connectivity index (χ1) is 23.3. The number of hydrogen-bond acceptors (Lipinski definition) is 11. The molecule has 12 heteroatoms. The van der Waals surface area contributed by atoms with Crippen LogP contribution in [0, 0.1) is 0 Å². The lowest BCUT2D eigenvalue weighted by molar-refractivity contribution is -0.360. The maximum atomic E-state index is 12.1. The van der Waals surface area contributed by atoms with E-state index in [0.717, 1.165) is 16.7 Å². The number of carbonyl (C=O) groups excluding carboxylic acids is 1. The van der Waals surface area contributed by atoms with E-state index in [9.17, 15) is 20.1 Å². The first-order valence-electron chi connectivity index (χ1n) is 16.2. The van der Waals surface area contributed by atoms with Crippen molar-refractivity contribution in [3.63, 3.8) is 0 Å². The van der Waals surface area contributed by atoms with Gasteiger partial charge in [0.15, 0.2) is 12.6 Å². The van der Waals surface area contributed by atoms with E-state index in [1.165, 1.54) is 0 Å². The third-order valence-electron chi connectivity index (χ3n) is 8.26. The molecule has 2 aliphatic heterocycles. The van der Waals surface area contributed by atoms with Crippen LogP contribution < -0.4 is 5.32 Å². The maximum absolute atomic E-state index is 12.1. The van der Waals surface area contributed by atoms with Crippen molar-refractivity contribution in [2.24, 2.45) is 0 Å². The quantitative estimate of drug-likeness (QED) is 0.188. The summed E-state index contributed by atoms with van der Waals surface area (Å²) in [5.74, 6) is 0. The molecule has 0 aromatic heterocycles. The lowest BCUT2D eigenvalue weighted by Gasteiger charge is -2.47. The fraction of sp³-hybridized carbons (Fsp3) is 0.472. The number of amides is 1. The maximum Gasteiger partial charge on any atom is 0.407 e. The van der Waals surface area contributed by atoms with E-state index < -0.39 is 67.5 Å². The molecule has 2 saturated heterocycles. The first-order valence-corrected chi connectivity index (χ1v) is 16.2. The summed E-state index contributed by atoms with van der Waals surface area (Å²) < 4.78 is 41.4. The molecule has 260 valence electrons. The van der Waals surface area contributed by atoms with Gasteiger partial charge in [-0.15, -0.1) is 0 Å². The van der Waals surface area contributed by atoms with E-state index in [0.29, 0.717) is 0 Å². The Morgan fingerprint density at radius 2 is 1.12 bits per heavy atom. The highest BCUT2D eigenvalue weighted by Crippen LogP contribution is 2.32. The van der Waals surface area contributed by atoms with Crippen LogP contribution >= 0.6 is 0 Å². The minimum Gasteiger partial charge on any atom is -0.445 e. The topological polar surface area (TPSA) is 154 Å². The summed E-state index contributed by atoms with van der Waals surface area (Å²) in [6, 6.07) is 28.3. The summed E-state index contributed by atoms with van der Waals surface area (Å²) >= 11 is 0. The number of alkyl carbamates (subject to hydrolysis) is 1. The average molecular weight is 668 g/mol. The van der Waals surface area contributed by atoms with Gasteiger partial charge in [-0.05, 0) is 30.5 Å². The summed E-state index contributed by atoms with van der Waals surface area (Å²) in [6.07, 6.45) is -11.3. The Balaban J connectivity index is 1.19. The van der Waals surface area contributed by atoms with Gasteiger partial charge in [-0.2, -0.15) is 0 Å². The van der Waals surface area contributed by atoms with E-state index in [1.54, 1.807) is 13.8 Å². The van der Waals surface area contributed by atoms with Crippen LogP contribution in [-0.2, 0) is 53.0 Å². The molecular formula is C36H45NO11. The Kier molecular flexibility index (Phi) is 13.3. The van der Waals surface area contributed by atoms with Gasteiger partial charge in [-0.1, -0.05) is 91.0 Å². The highest BCUT2D eigenvalue weighted by Gasteiger charge is 2.51. The second-order valence-corrected chi connectivity index (χ2v) is 11.9. The van der Waals surface area contributed by atoms with E-state index in [1.807, 2.05) is 91.0 Å². The van der Waals surface area contributed by atoms with Crippen molar-refractivity contribution in [3.8, 4) is 0 Å². The van der Waals surface area contributed by atoms with Crippen molar-refractivity contribution < 1.29 is 53.3 Å².